The van der Waals surface area contributed by atoms with Crippen LogP contribution < -0.4 is 10.5 Å². The second kappa shape index (κ2) is 6.18. The Labute approximate surface area is 126 Å². The molecule has 0 aromatic heterocycles. The van der Waals surface area contributed by atoms with Crippen molar-refractivity contribution in [1.82, 2.24) is 0 Å². The second-order valence-electron chi connectivity index (χ2n) is 5.34. The van der Waals surface area contributed by atoms with E-state index in [1.54, 1.807) is 36.4 Å². The SMILES string of the molecule is CC(C)c1ccc(NS(=O)(=O)Cc2ccccc2N)cc1. The number of hydrogen-bond acceptors (Lipinski definition) is 3. The minimum atomic E-state index is -3.47. The molecule has 0 heterocycles. The summed E-state index contributed by atoms with van der Waals surface area (Å²) in [5, 5.41) is 0. The van der Waals surface area contributed by atoms with Crippen molar-refractivity contribution in [2.24, 2.45) is 0 Å². The fourth-order valence-electron chi connectivity index (χ4n) is 2.02. The Balaban J connectivity index is 2.12. The van der Waals surface area contributed by atoms with Gasteiger partial charge >= 0.3 is 0 Å². The summed E-state index contributed by atoms with van der Waals surface area (Å²) in [6, 6.07) is 14.4. The molecule has 0 saturated carbocycles. The maximum Gasteiger partial charge on any atom is 0.236 e. The molecule has 2 aromatic rings. The number of nitrogens with one attached hydrogen (secondary N) is 1. The van der Waals surface area contributed by atoms with Gasteiger partial charge in [0.05, 0.1) is 5.75 Å². The molecule has 0 unspecified atom stereocenters. The van der Waals surface area contributed by atoms with Crippen LogP contribution in [0.4, 0.5) is 11.4 Å². The normalized spacial score (nSPS) is 11.6. The van der Waals surface area contributed by atoms with Gasteiger partial charge in [0.1, 0.15) is 0 Å². The van der Waals surface area contributed by atoms with E-state index in [0.717, 1.165) is 0 Å². The molecule has 0 atom stereocenters. The van der Waals surface area contributed by atoms with Gasteiger partial charge < -0.3 is 5.73 Å². The van der Waals surface area contributed by atoms with Gasteiger partial charge in [0.2, 0.25) is 10.0 Å². The lowest BCUT2D eigenvalue weighted by atomic mass is 10.0. The first-order valence-corrected chi connectivity index (χ1v) is 8.46. The van der Waals surface area contributed by atoms with Crippen molar-refractivity contribution in [2.45, 2.75) is 25.5 Å². The molecular weight excluding hydrogens is 284 g/mol. The number of sulfonamides is 1. The van der Waals surface area contributed by atoms with Gasteiger partial charge in [-0.25, -0.2) is 8.42 Å². The predicted molar refractivity (Wildman–Crippen MR) is 87.6 cm³/mol. The van der Waals surface area contributed by atoms with E-state index >= 15 is 0 Å². The monoisotopic (exact) mass is 304 g/mol. The average Bonchev–Trinajstić information content (AvgIpc) is 2.41. The van der Waals surface area contributed by atoms with Gasteiger partial charge in [-0.2, -0.15) is 0 Å². The molecular formula is C16H20N2O2S. The first-order valence-electron chi connectivity index (χ1n) is 6.81. The van der Waals surface area contributed by atoms with Crippen LogP contribution in [0, 0.1) is 0 Å². The lowest BCUT2D eigenvalue weighted by Crippen LogP contribution is -2.15. The van der Waals surface area contributed by atoms with Crippen LogP contribution in [-0.2, 0) is 15.8 Å². The molecule has 0 spiro atoms. The second-order valence-corrected chi connectivity index (χ2v) is 7.06. The van der Waals surface area contributed by atoms with Gasteiger partial charge in [0.25, 0.3) is 0 Å². The van der Waals surface area contributed by atoms with Crippen molar-refractivity contribution in [3.63, 3.8) is 0 Å². The third kappa shape index (κ3) is 4.23. The Kier molecular flexibility index (Phi) is 4.53. The molecule has 0 radical (unpaired) electrons. The first-order chi connectivity index (χ1) is 9.87. The summed E-state index contributed by atoms with van der Waals surface area (Å²) in [6.07, 6.45) is 0. The minimum absolute atomic E-state index is 0.133. The van der Waals surface area contributed by atoms with E-state index in [4.69, 9.17) is 5.73 Å². The third-order valence-electron chi connectivity index (χ3n) is 3.25. The number of para-hydroxylation sites is 1. The summed E-state index contributed by atoms with van der Waals surface area (Å²) in [5.74, 6) is 0.283. The van der Waals surface area contributed by atoms with Crippen molar-refractivity contribution in [3.05, 3.63) is 59.7 Å². The van der Waals surface area contributed by atoms with E-state index < -0.39 is 10.0 Å². The van der Waals surface area contributed by atoms with Crippen molar-refractivity contribution in [2.75, 3.05) is 10.5 Å². The molecule has 0 amide bonds. The quantitative estimate of drug-likeness (QED) is 0.832. The van der Waals surface area contributed by atoms with Crippen LogP contribution in [0.3, 0.4) is 0 Å². The molecule has 112 valence electrons. The third-order valence-corrected chi connectivity index (χ3v) is 4.49. The first kappa shape index (κ1) is 15.4. The predicted octanol–water partition coefficient (Wildman–Crippen LogP) is 3.33. The van der Waals surface area contributed by atoms with Crippen LogP contribution in [0.1, 0.15) is 30.9 Å². The van der Waals surface area contributed by atoms with E-state index in [2.05, 4.69) is 18.6 Å². The minimum Gasteiger partial charge on any atom is -0.398 e. The van der Waals surface area contributed by atoms with Gasteiger partial charge in [-0.1, -0.05) is 44.2 Å². The molecule has 21 heavy (non-hydrogen) atoms. The van der Waals surface area contributed by atoms with Crippen LogP contribution in [0.15, 0.2) is 48.5 Å². The van der Waals surface area contributed by atoms with Crippen molar-refractivity contribution in [1.29, 1.82) is 0 Å². The standard InChI is InChI=1S/C16H20N2O2S/c1-12(2)13-7-9-15(10-8-13)18-21(19,20)11-14-5-3-4-6-16(14)17/h3-10,12,18H,11,17H2,1-2H3. The molecule has 2 aromatic carbocycles. The van der Waals surface area contributed by atoms with Gasteiger partial charge in [-0.05, 0) is 35.2 Å². The van der Waals surface area contributed by atoms with Crippen molar-refractivity contribution >= 4 is 21.4 Å². The van der Waals surface area contributed by atoms with Crippen molar-refractivity contribution in [3.8, 4) is 0 Å². The van der Waals surface area contributed by atoms with Crippen LogP contribution in [-0.4, -0.2) is 8.42 Å². The molecule has 0 bridgehead atoms. The number of benzene rings is 2. The molecule has 0 saturated heterocycles. The summed E-state index contributed by atoms with van der Waals surface area (Å²) in [7, 11) is -3.47. The Morgan fingerprint density at radius 2 is 1.67 bits per heavy atom. The molecule has 5 heteroatoms. The Morgan fingerprint density at radius 1 is 1.05 bits per heavy atom. The van der Waals surface area contributed by atoms with Crippen LogP contribution >= 0.6 is 0 Å². The van der Waals surface area contributed by atoms with Crippen LogP contribution in [0.2, 0.25) is 0 Å². The van der Waals surface area contributed by atoms with Gasteiger partial charge in [-0.3, -0.25) is 4.72 Å². The highest BCUT2D eigenvalue weighted by molar-refractivity contribution is 7.91. The van der Waals surface area contributed by atoms with Crippen LogP contribution in [0.5, 0.6) is 0 Å². The van der Waals surface area contributed by atoms with E-state index in [1.165, 1.54) is 5.56 Å². The smallest absolute Gasteiger partial charge is 0.236 e. The number of rotatable bonds is 5. The summed E-state index contributed by atoms with van der Waals surface area (Å²) < 4.78 is 26.9. The molecule has 2 rings (SSSR count). The van der Waals surface area contributed by atoms with E-state index in [0.29, 0.717) is 22.9 Å². The molecule has 0 aliphatic carbocycles. The highest BCUT2D eigenvalue weighted by atomic mass is 32.2. The fourth-order valence-corrected chi connectivity index (χ4v) is 3.26. The van der Waals surface area contributed by atoms with Crippen molar-refractivity contribution < 1.29 is 8.42 Å². The van der Waals surface area contributed by atoms with E-state index in [-0.39, 0.29) is 5.75 Å². The van der Waals surface area contributed by atoms with E-state index in [1.807, 2.05) is 12.1 Å². The zero-order valence-corrected chi connectivity index (χ0v) is 13.0. The molecule has 0 aliphatic heterocycles. The van der Waals surface area contributed by atoms with E-state index in [9.17, 15) is 8.42 Å². The zero-order valence-electron chi connectivity index (χ0n) is 12.2. The highest BCUT2D eigenvalue weighted by Crippen LogP contribution is 2.20. The Morgan fingerprint density at radius 3 is 2.24 bits per heavy atom. The summed E-state index contributed by atoms with van der Waals surface area (Å²) in [4.78, 5) is 0. The highest BCUT2D eigenvalue weighted by Gasteiger charge is 2.13. The molecule has 4 nitrogen and oxygen atoms in total. The maximum absolute atomic E-state index is 12.2. The fraction of sp³-hybridized carbons (Fsp3) is 0.250. The Hall–Kier alpha value is -2.01. The lowest BCUT2D eigenvalue weighted by Gasteiger charge is -2.11. The summed E-state index contributed by atoms with van der Waals surface area (Å²) in [6.45, 7) is 4.19. The number of anilines is 2. The largest absolute Gasteiger partial charge is 0.398 e. The number of nitrogens with two attached hydrogens (primary N) is 1. The maximum atomic E-state index is 12.2. The topological polar surface area (TPSA) is 72.2 Å². The van der Waals surface area contributed by atoms with Gasteiger partial charge in [0.15, 0.2) is 0 Å². The summed E-state index contributed by atoms with van der Waals surface area (Å²) >= 11 is 0. The number of nitrogen functional groups attached to an aromatic ring is 1. The zero-order chi connectivity index (χ0) is 15.5. The van der Waals surface area contributed by atoms with Gasteiger partial charge in [-0.15, -0.1) is 0 Å². The van der Waals surface area contributed by atoms with Crippen LogP contribution in [0.25, 0.3) is 0 Å². The average molecular weight is 304 g/mol. The summed E-state index contributed by atoms with van der Waals surface area (Å²) in [5.41, 5.74) is 8.60. The molecule has 0 aliphatic rings. The van der Waals surface area contributed by atoms with Gasteiger partial charge in [0, 0.05) is 11.4 Å². The Bertz CT molecular complexity index is 707. The number of hydrogen-bond donors (Lipinski definition) is 2. The lowest BCUT2D eigenvalue weighted by molar-refractivity contribution is 0.600. The molecule has 3 N–H and O–H groups in total. The molecule has 0 fully saturated rings.